The number of phenolic OH excluding ortho intramolecular Hbond substituents is 1. The number of carbonyl (C=O) groups is 3. The summed E-state index contributed by atoms with van der Waals surface area (Å²) < 4.78 is 5.06. The van der Waals surface area contributed by atoms with Crippen LogP contribution < -0.4 is 4.74 Å². The molecule has 7 nitrogen and oxygen atoms in total. The number of amides is 3. The Labute approximate surface area is 156 Å². The van der Waals surface area contributed by atoms with Crippen molar-refractivity contribution in [3.05, 3.63) is 59.7 Å². The lowest BCUT2D eigenvalue weighted by molar-refractivity contribution is -0.132. The largest absolute Gasteiger partial charge is 0.507 e. The van der Waals surface area contributed by atoms with Gasteiger partial charge >= 0.3 is 6.03 Å². The van der Waals surface area contributed by atoms with Crippen molar-refractivity contribution < 1.29 is 24.2 Å². The van der Waals surface area contributed by atoms with E-state index < -0.39 is 17.5 Å². The highest BCUT2D eigenvalue weighted by molar-refractivity contribution is 6.11. The van der Waals surface area contributed by atoms with Gasteiger partial charge in [0.05, 0.1) is 13.7 Å². The molecule has 1 heterocycles. The zero-order valence-corrected chi connectivity index (χ0v) is 15.3. The SMILES string of the molecule is COc1ccc(C2(C)C(=O)N(CC(=O)c3ccccc3)C(=O)N2C)c(O)c1. The molecule has 2 aromatic rings. The van der Waals surface area contributed by atoms with Crippen molar-refractivity contribution in [1.82, 2.24) is 9.80 Å². The molecule has 1 N–H and O–H groups in total. The number of hydrogen-bond acceptors (Lipinski definition) is 5. The maximum absolute atomic E-state index is 13.1. The fraction of sp³-hybridized carbons (Fsp3) is 0.250. The molecule has 1 aliphatic rings. The molecule has 3 amide bonds. The van der Waals surface area contributed by atoms with Crippen molar-refractivity contribution >= 4 is 17.7 Å². The minimum absolute atomic E-state index is 0.166. The Hall–Kier alpha value is -3.35. The topological polar surface area (TPSA) is 87.2 Å². The number of ketones is 1. The number of likely N-dealkylation sites (N-methyl/N-ethyl adjacent to an activating group) is 1. The number of phenols is 1. The highest BCUT2D eigenvalue weighted by atomic mass is 16.5. The second kappa shape index (κ2) is 6.75. The first-order valence-electron chi connectivity index (χ1n) is 8.36. The lowest BCUT2D eigenvalue weighted by Crippen LogP contribution is -2.42. The molecule has 0 aliphatic carbocycles. The van der Waals surface area contributed by atoms with Crippen LogP contribution in [0.2, 0.25) is 0 Å². The molecule has 1 atom stereocenters. The van der Waals surface area contributed by atoms with E-state index in [0.29, 0.717) is 11.3 Å². The molecule has 0 spiro atoms. The normalized spacial score (nSPS) is 19.5. The summed E-state index contributed by atoms with van der Waals surface area (Å²) in [6, 6.07) is 12.4. The van der Waals surface area contributed by atoms with Crippen molar-refractivity contribution in [1.29, 1.82) is 0 Å². The number of imide groups is 1. The van der Waals surface area contributed by atoms with Crippen molar-refractivity contribution in [2.45, 2.75) is 12.5 Å². The number of methoxy groups -OCH3 is 1. The number of aromatic hydroxyl groups is 1. The van der Waals surface area contributed by atoms with Crippen LogP contribution in [-0.4, -0.2) is 53.3 Å². The van der Waals surface area contributed by atoms with E-state index >= 15 is 0 Å². The van der Waals surface area contributed by atoms with Crippen LogP contribution in [-0.2, 0) is 10.3 Å². The van der Waals surface area contributed by atoms with E-state index in [1.165, 1.54) is 25.1 Å². The van der Waals surface area contributed by atoms with Crippen LogP contribution in [0.5, 0.6) is 11.5 Å². The van der Waals surface area contributed by atoms with E-state index in [1.54, 1.807) is 49.4 Å². The van der Waals surface area contributed by atoms with Crippen LogP contribution >= 0.6 is 0 Å². The monoisotopic (exact) mass is 368 g/mol. The molecular formula is C20H20N2O5. The Morgan fingerprint density at radius 1 is 1.15 bits per heavy atom. The number of benzene rings is 2. The van der Waals surface area contributed by atoms with Crippen LogP contribution in [0.4, 0.5) is 4.79 Å². The summed E-state index contributed by atoms with van der Waals surface area (Å²) in [6.45, 7) is 1.18. The predicted octanol–water partition coefficient (Wildman–Crippen LogP) is 2.39. The highest BCUT2D eigenvalue weighted by Gasteiger charge is 2.55. The molecule has 1 saturated heterocycles. The third-order valence-electron chi connectivity index (χ3n) is 4.98. The predicted molar refractivity (Wildman–Crippen MR) is 97.7 cm³/mol. The second-order valence-corrected chi connectivity index (χ2v) is 6.48. The molecule has 1 unspecified atom stereocenters. The smallest absolute Gasteiger partial charge is 0.328 e. The molecule has 0 radical (unpaired) electrons. The zero-order valence-electron chi connectivity index (χ0n) is 15.3. The third-order valence-corrected chi connectivity index (χ3v) is 4.98. The Bertz CT molecular complexity index is 912. The van der Waals surface area contributed by atoms with Crippen molar-refractivity contribution in [3.8, 4) is 11.5 Å². The molecule has 27 heavy (non-hydrogen) atoms. The lowest BCUT2D eigenvalue weighted by Gasteiger charge is -2.29. The van der Waals surface area contributed by atoms with Gasteiger partial charge in [0, 0.05) is 24.2 Å². The highest BCUT2D eigenvalue weighted by Crippen LogP contribution is 2.41. The fourth-order valence-corrected chi connectivity index (χ4v) is 3.21. The van der Waals surface area contributed by atoms with Gasteiger partial charge < -0.3 is 14.7 Å². The Morgan fingerprint density at radius 2 is 1.81 bits per heavy atom. The van der Waals surface area contributed by atoms with Gasteiger partial charge in [0.25, 0.3) is 5.91 Å². The van der Waals surface area contributed by atoms with E-state index in [1.807, 2.05) is 0 Å². The number of carbonyl (C=O) groups excluding carboxylic acids is 3. The van der Waals surface area contributed by atoms with Gasteiger partial charge in [0.1, 0.15) is 17.0 Å². The molecule has 2 aromatic carbocycles. The van der Waals surface area contributed by atoms with Crippen LogP contribution in [0.3, 0.4) is 0 Å². The minimum Gasteiger partial charge on any atom is -0.507 e. The number of Topliss-reactive ketones (excluding diaryl/α,β-unsaturated/α-hetero) is 1. The van der Waals surface area contributed by atoms with Crippen LogP contribution in [0, 0.1) is 0 Å². The van der Waals surface area contributed by atoms with Gasteiger partial charge in [0.15, 0.2) is 5.78 Å². The second-order valence-electron chi connectivity index (χ2n) is 6.48. The summed E-state index contributed by atoms with van der Waals surface area (Å²) in [5.41, 5.74) is -0.745. The lowest BCUT2D eigenvalue weighted by atomic mass is 9.89. The van der Waals surface area contributed by atoms with Gasteiger partial charge in [-0.05, 0) is 19.1 Å². The van der Waals surface area contributed by atoms with E-state index in [0.717, 1.165) is 4.90 Å². The van der Waals surface area contributed by atoms with E-state index in [-0.39, 0.29) is 23.6 Å². The third kappa shape index (κ3) is 2.91. The van der Waals surface area contributed by atoms with Gasteiger partial charge in [-0.3, -0.25) is 14.5 Å². The average molecular weight is 368 g/mol. The molecule has 0 saturated carbocycles. The summed E-state index contributed by atoms with van der Waals surface area (Å²) >= 11 is 0. The molecule has 1 fully saturated rings. The van der Waals surface area contributed by atoms with Crippen molar-refractivity contribution in [3.63, 3.8) is 0 Å². The molecule has 1 aliphatic heterocycles. The van der Waals surface area contributed by atoms with Crippen molar-refractivity contribution in [2.75, 3.05) is 20.7 Å². The Kier molecular flexibility index (Phi) is 4.61. The molecule has 0 aromatic heterocycles. The molecule has 3 rings (SSSR count). The summed E-state index contributed by atoms with van der Waals surface area (Å²) in [5, 5.41) is 10.4. The van der Waals surface area contributed by atoms with E-state index in [4.69, 9.17) is 4.74 Å². The number of hydrogen-bond donors (Lipinski definition) is 1. The Balaban J connectivity index is 1.94. The van der Waals surface area contributed by atoms with Gasteiger partial charge in [0.2, 0.25) is 0 Å². The molecule has 0 bridgehead atoms. The van der Waals surface area contributed by atoms with Gasteiger partial charge in [-0.2, -0.15) is 0 Å². The minimum atomic E-state index is -1.43. The summed E-state index contributed by atoms with van der Waals surface area (Å²) in [5.74, 6) is -0.648. The number of rotatable bonds is 5. The van der Waals surface area contributed by atoms with Gasteiger partial charge in [-0.1, -0.05) is 30.3 Å². The quantitative estimate of drug-likeness (QED) is 0.647. The van der Waals surface area contributed by atoms with Crippen LogP contribution in [0.25, 0.3) is 0 Å². The van der Waals surface area contributed by atoms with Crippen molar-refractivity contribution in [2.24, 2.45) is 0 Å². The average Bonchev–Trinajstić information content (AvgIpc) is 2.84. The first-order chi connectivity index (χ1) is 12.8. The number of urea groups is 1. The zero-order chi connectivity index (χ0) is 19.8. The van der Waals surface area contributed by atoms with Crippen LogP contribution in [0.15, 0.2) is 48.5 Å². The maximum atomic E-state index is 13.1. The summed E-state index contributed by atoms with van der Waals surface area (Å²) in [4.78, 5) is 40.4. The fourth-order valence-electron chi connectivity index (χ4n) is 3.21. The van der Waals surface area contributed by atoms with Crippen LogP contribution in [0.1, 0.15) is 22.8 Å². The summed E-state index contributed by atoms with van der Waals surface area (Å²) in [6.07, 6.45) is 0. The molecule has 140 valence electrons. The first-order valence-corrected chi connectivity index (χ1v) is 8.36. The maximum Gasteiger partial charge on any atom is 0.328 e. The Morgan fingerprint density at radius 3 is 2.41 bits per heavy atom. The van der Waals surface area contributed by atoms with Gasteiger partial charge in [-0.15, -0.1) is 0 Å². The molecule has 7 heteroatoms. The summed E-state index contributed by atoms with van der Waals surface area (Å²) in [7, 11) is 2.93. The number of nitrogens with zero attached hydrogens (tertiary/aromatic N) is 2. The number of ether oxygens (including phenoxy) is 1. The first kappa shape index (κ1) is 18.4. The van der Waals surface area contributed by atoms with Gasteiger partial charge in [-0.25, -0.2) is 4.79 Å². The molecular weight excluding hydrogens is 348 g/mol. The standard InChI is InChI=1S/C20H20N2O5/c1-20(15-10-9-14(27-3)11-16(15)23)18(25)22(19(26)21(20)2)12-17(24)13-7-5-4-6-8-13/h4-11,23H,12H2,1-3H3. The van der Waals surface area contributed by atoms with E-state index in [9.17, 15) is 19.5 Å². The van der Waals surface area contributed by atoms with E-state index in [2.05, 4.69) is 0 Å².